The van der Waals surface area contributed by atoms with Gasteiger partial charge < -0.3 is 19.9 Å². The average Bonchev–Trinajstić information content (AvgIpc) is 3.22. The number of benzene rings is 2. The SMILES string of the molecule is CCS(=O)(=O)c1ccc(Oc2cc3nc(-c4ccccn4)[nH]c3cc2C(C)(O)C(=O)O)cc1. The first kappa shape index (κ1) is 22.4. The number of carboxylic acid groups (broad SMARTS) is 1. The molecule has 2 aromatic carbocycles. The van der Waals surface area contributed by atoms with Crippen molar-refractivity contribution in [1.82, 2.24) is 15.0 Å². The minimum atomic E-state index is -3.38. The van der Waals surface area contributed by atoms with Crippen molar-refractivity contribution >= 4 is 26.8 Å². The predicted octanol–water partition coefficient (Wildman–Crippen LogP) is 3.50. The van der Waals surface area contributed by atoms with E-state index in [1.807, 2.05) is 6.07 Å². The van der Waals surface area contributed by atoms with Gasteiger partial charge in [-0.15, -0.1) is 0 Å². The lowest BCUT2D eigenvalue weighted by atomic mass is 9.94. The Morgan fingerprint density at radius 3 is 2.48 bits per heavy atom. The Morgan fingerprint density at radius 1 is 1.15 bits per heavy atom. The summed E-state index contributed by atoms with van der Waals surface area (Å²) in [6.45, 7) is 2.70. The highest BCUT2D eigenvalue weighted by Gasteiger charge is 2.36. The molecular weight excluding hydrogens is 446 g/mol. The topological polar surface area (TPSA) is 142 Å². The summed E-state index contributed by atoms with van der Waals surface area (Å²) in [6, 6.07) is 14.1. The molecule has 1 atom stereocenters. The number of nitrogens with zero attached hydrogens (tertiary/aromatic N) is 2. The van der Waals surface area contributed by atoms with Crippen LogP contribution in [-0.2, 0) is 20.2 Å². The molecular formula is C23H21N3O6S. The van der Waals surface area contributed by atoms with Crippen LogP contribution in [0.15, 0.2) is 65.7 Å². The van der Waals surface area contributed by atoms with Crippen LogP contribution in [0.2, 0.25) is 0 Å². The first-order valence-electron chi connectivity index (χ1n) is 10.0. The molecule has 0 bridgehead atoms. The summed E-state index contributed by atoms with van der Waals surface area (Å²) < 4.78 is 30.0. The molecule has 2 aromatic heterocycles. The van der Waals surface area contributed by atoms with Crippen molar-refractivity contribution in [3.63, 3.8) is 0 Å². The lowest BCUT2D eigenvalue weighted by Crippen LogP contribution is -2.32. The number of fused-ring (bicyclic) bond motifs is 1. The predicted molar refractivity (Wildman–Crippen MR) is 121 cm³/mol. The van der Waals surface area contributed by atoms with Crippen molar-refractivity contribution < 1.29 is 28.2 Å². The number of H-pyrrole nitrogens is 1. The minimum absolute atomic E-state index is 0.00368. The third kappa shape index (κ3) is 4.30. The molecule has 0 saturated heterocycles. The van der Waals surface area contributed by atoms with E-state index in [2.05, 4.69) is 15.0 Å². The molecule has 0 amide bonds. The van der Waals surface area contributed by atoms with E-state index in [4.69, 9.17) is 4.74 Å². The lowest BCUT2D eigenvalue weighted by molar-refractivity contribution is -0.157. The second kappa shape index (κ2) is 8.30. The number of rotatable bonds is 7. The van der Waals surface area contributed by atoms with Crippen LogP contribution in [-0.4, -0.2) is 45.3 Å². The van der Waals surface area contributed by atoms with Crippen LogP contribution in [0.4, 0.5) is 0 Å². The second-order valence-electron chi connectivity index (χ2n) is 7.52. The van der Waals surface area contributed by atoms with Gasteiger partial charge in [-0.25, -0.2) is 18.2 Å². The smallest absolute Gasteiger partial charge is 0.340 e. The zero-order chi connectivity index (χ0) is 23.8. The molecule has 170 valence electrons. The molecule has 4 aromatic rings. The van der Waals surface area contributed by atoms with Crippen molar-refractivity contribution in [2.45, 2.75) is 24.3 Å². The van der Waals surface area contributed by atoms with E-state index in [1.54, 1.807) is 25.3 Å². The maximum atomic E-state index is 12.0. The van der Waals surface area contributed by atoms with Gasteiger partial charge in [0.1, 0.15) is 17.2 Å². The molecule has 0 radical (unpaired) electrons. The number of carbonyl (C=O) groups is 1. The molecule has 0 fully saturated rings. The first-order valence-corrected chi connectivity index (χ1v) is 11.7. The monoisotopic (exact) mass is 467 g/mol. The number of aliphatic carboxylic acids is 1. The minimum Gasteiger partial charge on any atom is -0.479 e. The van der Waals surface area contributed by atoms with Crippen molar-refractivity contribution in [3.8, 4) is 23.0 Å². The van der Waals surface area contributed by atoms with Gasteiger partial charge in [-0.3, -0.25) is 4.98 Å². The maximum Gasteiger partial charge on any atom is 0.340 e. The van der Waals surface area contributed by atoms with Gasteiger partial charge in [0.05, 0.1) is 21.7 Å². The molecule has 3 N–H and O–H groups in total. The molecule has 33 heavy (non-hydrogen) atoms. The summed E-state index contributed by atoms with van der Waals surface area (Å²) in [5, 5.41) is 20.3. The summed E-state index contributed by atoms with van der Waals surface area (Å²) in [5.74, 6) is -0.682. The van der Waals surface area contributed by atoms with Gasteiger partial charge in [-0.1, -0.05) is 13.0 Å². The molecule has 0 aliphatic carbocycles. The molecule has 10 heteroatoms. The van der Waals surface area contributed by atoms with E-state index < -0.39 is 21.4 Å². The highest BCUT2D eigenvalue weighted by Crippen LogP contribution is 2.37. The number of pyridine rings is 1. The largest absolute Gasteiger partial charge is 0.479 e. The second-order valence-corrected chi connectivity index (χ2v) is 9.80. The van der Waals surface area contributed by atoms with Crippen molar-refractivity contribution in [3.05, 3.63) is 66.4 Å². The maximum absolute atomic E-state index is 12.0. The van der Waals surface area contributed by atoms with Gasteiger partial charge in [0.2, 0.25) is 0 Å². The Morgan fingerprint density at radius 2 is 1.88 bits per heavy atom. The number of hydrogen-bond acceptors (Lipinski definition) is 7. The molecule has 0 aliphatic heterocycles. The Kier molecular flexibility index (Phi) is 5.64. The molecule has 0 spiro atoms. The number of imidazole rings is 1. The summed E-state index contributed by atoms with van der Waals surface area (Å²) in [5.41, 5.74) is -0.699. The fraction of sp³-hybridized carbons (Fsp3) is 0.174. The Labute approximate surface area is 189 Å². The fourth-order valence-corrected chi connectivity index (χ4v) is 4.13. The van der Waals surface area contributed by atoms with Crippen LogP contribution in [0.25, 0.3) is 22.6 Å². The molecule has 0 saturated carbocycles. The highest BCUT2D eigenvalue weighted by molar-refractivity contribution is 7.91. The van der Waals surface area contributed by atoms with Gasteiger partial charge in [0.15, 0.2) is 21.3 Å². The van der Waals surface area contributed by atoms with E-state index in [0.717, 1.165) is 6.92 Å². The van der Waals surface area contributed by atoms with Crippen LogP contribution < -0.4 is 4.74 Å². The summed E-state index contributed by atoms with van der Waals surface area (Å²) in [6.07, 6.45) is 1.63. The van der Waals surface area contributed by atoms with Crippen molar-refractivity contribution in [1.29, 1.82) is 0 Å². The average molecular weight is 468 g/mol. The van der Waals surface area contributed by atoms with Crippen LogP contribution in [0.1, 0.15) is 19.4 Å². The fourth-order valence-electron chi connectivity index (χ4n) is 3.25. The summed E-state index contributed by atoms with van der Waals surface area (Å²) >= 11 is 0. The van der Waals surface area contributed by atoms with Crippen LogP contribution in [0.3, 0.4) is 0 Å². The number of ether oxygens (including phenoxy) is 1. The standard InChI is InChI=1S/C23H21N3O6S/c1-3-33(30,31)15-9-7-14(8-10-15)32-20-13-19-18(12-16(20)23(2,29)22(27)28)25-21(26-19)17-6-4-5-11-24-17/h4-13,29H,3H2,1-2H3,(H,25,26)(H,27,28). The zero-order valence-corrected chi connectivity index (χ0v) is 18.6. The Hall–Kier alpha value is -3.76. The molecule has 2 heterocycles. The van der Waals surface area contributed by atoms with Gasteiger partial charge >= 0.3 is 5.97 Å². The first-order chi connectivity index (χ1) is 15.6. The van der Waals surface area contributed by atoms with Gasteiger partial charge in [-0.05, 0) is 49.4 Å². The number of aromatic amines is 1. The molecule has 9 nitrogen and oxygen atoms in total. The van der Waals surface area contributed by atoms with E-state index in [9.17, 15) is 23.4 Å². The number of sulfone groups is 1. The molecule has 0 aliphatic rings. The third-order valence-corrected chi connectivity index (χ3v) is 6.97. The van der Waals surface area contributed by atoms with Gasteiger partial charge in [0.25, 0.3) is 0 Å². The van der Waals surface area contributed by atoms with Gasteiger partial charge in [-0.2, -0.15) is 0 Å². The van der Waals surface area contributed by atoms with E-state index in [1.165, 1.54) is 36.4 Å². The molecule has 4 rings (SSSR count). The van der Waals surface area contributed by atoms with E-state index in [-0.39, 0.29) is 27.7 Å². The number of carboxylic acids is 1. The van der Waals surface area contributed by atoms with E-state index in [0.29, 0.717) is 22.6 Å². The number of aromatic nitrogens is 3. The Bertz CT molecular complexity index is 1430. The molecule has 1 unspecified atom stereocenters. The summed E-state index contributed by atoms with van der Waals surface area (Å²) in [7, 11) is -3.38. The highest BCUT2D eigenvalue weighted by atomic mass is 32.2. The Balaban J connectivity index is 1.80. The normalized spacial score (nSPS) is 13.5. The van der Waals surface area contributed by atoms with Crippen LogP contribution in [0, 0.1) is 0 Å². The van der Waals surface area contributed by atoms with E-state index >= 15 is 0 Å². The zero-order valence-electron chi connectivity index (χ0n) is 17.8. The van der Waals surface area contributed by atoms with Crippen molar-refractivity contribution in [2.24, 2.45) is 0 Å². The number of nitrogens with one attached hydrogen (secondary N) is 1. The summed E-state index contributed by atoms with van der Waals surface area (Å²) in [4.78, 5) is 23.8. The lowest BCUT2D eigenvalue weighted by Gasteiger charge is -2.22. The quantitative estimate of drug-likeness (QED) is 0.375. The van der Waals surface area contributed by atoms with Gasteiger partial charge in [0, 0.05) is 17.8 Å². The van der Waals surface area contributed by atoms with Crippen molar-refractivity contribution in [2.75, 3.05) is 5.75 Å². The van der Waals surface area contributed by atoms with Crippen LogP contribution in [0.5, 0.6) is 11.5 Å². The number of aliphatic hydroxyl groups is 1. The number of hydrogen-bond donors (Lipinski definition) is 3. The third-order valence-electron chi connectivity index (χ3n) is 5.22. The van der Waals surface area contributed by atoms with Crippen LogP contribution >= 0.6 is 0 Å².